The van der Waals surface area contributed by atoms with Gasteiger partial charge in [0.15, 0.2) is 0 Å². The Morgan fingerprint density at radius 1 is 0.818 bits per heavy atom. The summed E-state index contributed by atoms with van der Waals surface area (Å²) in [6, 6.07) is 13.7. The first-order valence-corrected chi connectivity index (χ1v) is 7.03. The maximum absolute atomic E-state index is 11.5. The van der Waals surface area contributed by atoms with Crippen molar-refractivity contribution in [2.75, 3.05) is 0 Å². The van der Waals surface area contributed by atoms with Crippen LogP contribution in [-0.4, -0.2) is 18.5 Å². The highest BCUT2D eigenvalue weighted by atomic mass is 35.5. The molecule has 5 nitrogen and oxygen atoms in total. The highest BCUT2D eigenvalue weighted by Crippen LogP contribution is 2.12. The van der Waals surface area contributed by atoms with E-state index in [1.165, 1.54) is 12.4 Å². The number of urea groups is 1. The van der Waals surface area contributed by atoms with Crippen molar-refractivity contribution in [2.24, 2.45) is 10.2 Å². The van der Waals surface area contributed by atoms with E-state index in [0.29, 0.717) is 21.2 Å². The summed E-state index contributed by atoms with van der Waals surface area (Å²) >= 11 is 11.9. The second-order valence-corrected chi connectivity index (χ2v) is 4.93. The molecule has 0 atom stereocenters. The molecule has 2 aromatic carbocycles. The van der Waals surface area contributed by atoms with Gasteiger partial charge in [-0.3, -0.25) is 0 Å². The lowest BCUT2D eigenvalue weighted by Gasteiger charge is -1.99. The molecule has 0 radical (unpaired) electrons. The lowest BCUT2D eigenvalue weighted by molar-refractivity contribution is 0.242. The second-order valence-electron chi connectivity index (χ2n) is 4.11. The predicted molar refractivity (Wildman–Crippen MR) is 89.8 cm³/mol. The molecule has 2 rings (SSSR count). The van der Waals surface area contributed by atoms with Gasteiger partial charge in [0.25, 0.3) is 0 Å². The molecule has 0 saturated heterocycles. The lowest BCUT2D eigenvalue weighted by atomic mass is 10.2. The highest BCUT2D eigenvalue weighted by Gasteiger charge is 1.97. The number of carbonyl (C=O) groups is 1. The van der Waals surface area contributed by atoms with Crippen molar-refractivity contribution >= 4 is 41.7 Å². The number of rotatable bonds is 4. The van der Waals surface area contributed by atoms with E-state index in [-0.39, 0.29) is 0 Å². The smallest absolute Gasteiger partial charge is 0.245 e. The lowest BCUT2D eigenvalue weighted by Crippen LogP contribution is -2.28. The van der Waals surface area contributed by atoms with Crippen LogP contribution in [0.2, 0.25) is 10.0 Å². The zero-order chi connectivity index (χ0) is 15.8. The van der Waals surface area contributed by atoms with E-state index >= 15 is 0 Å². The van der Waals surface area contributed by atoms with Crippen LogP contribution in [0.25, 0.3) is 0 Å². The van der Waals surface area contributed by atoms with Gasteiger partial charge in [-0.15, -0.1) is 0 Å². The van der Waals surface area contributed by atoms with Crippen molar-refractivity contribution in [2.45, 2.75) is 0 Å². The van der Waals surface area contributed by atoms with Crippen LogP contribution in [0.4, 0.5) is 4.79 Å². The van der Waals surface area contributed by atoms with Gasteiger partial charge in [0.2, 0.25) is 0 Å². The number of carbonyl (C=O) groups excluding carboxylic acids is 1. The zero-order valence-corrected chi connectivity index (χ0v) is 12.8. The molecule has 0 saturated carbocycles. The molecule has 7 heteroatoms. The molecule has 0 aliphatic heterocycles. The van der Waals surface area contributed by atoms with Gasteiger partial charge in [0, 0.05) is 21.2 Å². The van der Waals surface area contributed by atoms with Gasteiger partial charge < -0.3 is 0 Å². The van der Waals surface area contributed by atoms with Crippen molar-refractivity contribution in [3.05, 3.63) is 69.7 Å². The SMILES string of the molecule is O=C(N/N=C\c1ccccc1Cl)N/N=C\c1ccccc1Cl. The van der Waals surface area contributed by atoms with Crippen LogP contribution in [0.5, 0.6) is 0 Å². The van der Waals surface area contributed by atoms with E-state index in [2.05, 4.69) is 21.1 Å². The number of hydrogen-bond acceptors (Lipinski definition) is 3. The number of benzene rings is 2. The summed E-state index contributed by atoms with van der Waals surface area (Å²) in [6.45, 7) is 0. The molecule has 2 aromatic rings. The van der Waals surface area contributed by atoms with Crippen LogP contribution in [0.3, 0.4) is 0 Å². The topological polar surface area (TPSA) is 65.8 Å². The summed E-state index contributed by atoms with van der Waals surface area (Å²) in [5.41, 5.74) is 5.94. The minimum Gasteiger partial charge on any atom is -0.245 e. The molecule has 0 heterocycles. The van der Waals surface area contributed by atoms with E-state index in [1.54, 1.807) is 24.3 Å². The monoisotopic (exact) mass is 334 g/mol. The quantitative estimate of drug-likeness (QED) is 0.650. The number of amides is 2. The maximum atomic E-state index is 11.5. The molecular weight excluding hydrogens is 323 g/mol. The Kier molecular flexibility index (Phi) is 5.94. The average molecular weight is 335 g/mol. The van der Waals surface area contributed by atoms with Gasteiger partial charge in [0.1, 0.15) is 0 Å². The van der Waals surface area contributed by atoms with Gasteiger partial charge in [-0.2, -0.15) is 10.2 Å². The van der Waals surface area contributed by atoms with Gasteiger partial charge in [-0.25, -0.2) is 15.6 Å². The van der Waals surface area contributed by atoms with Crippen LogP contribution in [-0.2, 0) is 0 Å². The molecule has 0 aliphatic rings. The van der Waals surface area contributed by atoms with E-state index < -0.39 is 6.03 Å². The maximum Gasteiger partial charge on any atom is 0.355 e. The molecule has 0 bridgehead atoms. The Hall–Kier alpha value is -2.37. The fourth-order valence-corrected chi connectivity index (χ4v) is 1.87. The Labute approximate surface area is 137 Å². The van der Waals surface area contributed by atoms with Gasteiger partial charge in [0.05, 0.1) is 12.4 Å². The third-order valence-electron chi connectivity index (χ3n) is 2.55. The summed E-state index contributed by atoms with van der Waals surface area (Å²) in [5.74, 6) is 0. The highest BCUT2D eigenvalue weighted by molar-refractivity contribution is 6.33. The first-order chi connectivity index (χ1) is 10.7. The molecule has 0 spiro atoms. The standard InChI is InChI=1S/C15H12Cl2N4O/c16-13-7-3-1-5-11(13)9-18-20-15(22)21-19-10-12-6-2-4-8-14(12)17/h1-10H,(H2,20,21,22)/b18-9-,19-10-. The molecule has 0 aromatic heterocycles. The molecule has 2 N–H and O–H groups in total. The third kappa shape index (κ3) is 4.87. The summed E-state index contributed by atoms with van der Waals surface area (Å²) in [4.78, 5) is 11.5. The first kappa shape index (κ1) is 16.0. The fourth-order valence-electron chi connectivity index (χ4n) is 1.51. The Balaban J connectivity index is 1.84. The van der Waals surface area contributed by atoms with Crippen LogP contribution in [0.15, 0.2) is 58.7 Å². The van der Waals surface area contributed by atoms with Crippen molar-refractivity contribution in [1.82, 2.24) is 10.9 Å². The van der Waals surface area contributed by atoms with Crippen LogP contribution >= 0.6 is 23.2 Å². The number of halogens is 2. The Bertz CT molecular complexity index is 657. The number of nitrogens with zero attached hydrogens (tertiary/aromatic N) is 2. The fraction of sp³-hybridized carbons (Fsp3) is 0. The molecule has 22 heavy (non-hydrogen) atoms. The predicted octanol–water partition coefficient (Wildman–Crippen LogP) is 3.66. The molecule has 112 valence electrons. The van der Waals surface area contributed by atoms with Crippen LogP contribution < -0.4 is 10.9 Å². The zero-order valence-electron chi connectivity index (χ0n) is 11.3. The number of nitrogens with one attached hydrogen (secondary N) is 2. The number of hydrogen-bond donors (Lipinski definition) is 2. The molecule has 2 amide bonds. The largest absolute Gasteiger partial charge is 0.355 e. The Morgan fingerprint density at radius 2 is 1.23 bits per heavy atom. The van der Waals surface area contributed by atoms with Crippen molar-refractivity contribution < 1.29 is 4.79 Å². The number of hydrazone groups is 2. The summed E-state index contributed by atoms with van der Waals surface area (Å²) in [5, 5.41) is 8.64. The Morgan fingerprint density at radius 3 is 1.64 bits per heavy atom. The summed E-state index contributed by atoms with van der Waals surface area (Å²) in [7, 11) is 0. The minimum atomic E-state index is -0.577. The van der Waals surface area contributed by atoms with E-state index in [1.807, 2.05) is 24.3 Å². The van der Waals surface area contributed by atoms with Gasteiger partial charge >= 0.3 is 6.03 Å². The van der Waals surface area contributed by atoms with Crippen LogP contribution in [0.1, 0.15) is 11.1 Å². The average Bonchev–Trinajstić information content (AvgIpc) is 2.51. The van der Waals surface area contributed by atoms with Crippen LogP contribution in [0, 0.1) is 0 Å². The first-order valence-electron chi connectivity index (χ1n) is 6.28. The van der Waals surface area contributed by atoms with E-state index in [0.717, 1.165) is 0 Å². The molecular formula is C15H12Cl2N4O. The second kappa shape index (κ2) is 8.17. The minimum absolute atomic E-state index is 0.546. The van der Waals surface area contributed by atoms with Gasteiger partial charge in [-0.05, 0) is 12.1 Å². The molecule has 0 unspecified atom stereocenters. The normalized spacial score (nSPS) is 11.0. The molecule has 0 aliphatic carbocycles. The summed E-state index contributed by atoms with van der Waals surface area (Å²) < 4.78 is 0. The third-order valence-corrected chi connectivity index (χ3v) is 3.24. The van der Waals surface area contributed by atoms with Gasteiger partial charge in [-0.1, -0.05) is 59.6 Å². The van der Waals surface area contributed by atoms with E-state index in [9.17, 15) is 4.79 Å². The molecule has 0 fully saturated rings. The van der Waals surface area contributed by atoms with Crippen molar-refractivity contribution in [1.29, 1.82) is 0 Å². The van der Waals surface area contributed by atoms with Crippen molar-refractivity contribution in [3.63, 3.8) is 0 Å². The summed E-state index contributed by atoms with van der Waals surface area (Å²) in [6.07, 6.45) is 2.89. The van der Waals surface area contributed by atoms with E-state index in [4.69, 9.17) is 23.2 Å². The van der Waals surface area contributed by atoms with Crippen molar-refractivity contribution in [3.8, 4) is 0 Å².